The van der Waals surface area contributed by atoms with E-state index in [1.807, 2.05) is 11.0 Å². The van der Waals surface area contributed by atoms with Crippen LogP contribution < -0.4 is 9.64 Å². The van der Waals surface area contributed by atoms with Gasteiger partial charge in [0, 0.05) is 48.2 Å². The van der Waals surface area contributed by atoms with Crippen LogP contribution in [0.15, 0.2) is 18.5 Å². The van der Waals surface area contributed by atoms with E-state index in [1.165, 1.54) is 0 Å². The topological polar surface area (TPSA) is 131 Å². The number of benzene rings is 1. The number of halogens is 3. The molecule has 12 nitrogen and oxygen atoms in total. The molecule has 0 spiro atoms. The molecule has 6 bridgehead atoms. The number of hydrogen-bond donors (Lipinski definition) is 2. The van der Waals surface area contributed by atoms with Gasteiger partial charge in [-0.15, -0.1) is 0 Å². The molecule has 3 saturated heterocycles. The van der Waals surface area contributed by atoms with Crippen LogP contribution in [-0.2, 0) is 14.2 Å². The number of ether oxygens (including phenoxy) is 4. The van der Waals surface area contributed by atoms with Gasteiger partial charge in [0.15, 0.2) is 5.82 Å². The van der Waals surface area contributed by atoms with E-state index in [0.717, 1.165) is 31.4 Å². The van der Waals surface area contributed by atoms with Gasteiger partial charge in [0.25, 0.3) is 6.48 Å². The van der Waals surface area contributed by atoms with E-state index >= 15 is 4.39 Å². The molecule has 3 aromatic heterocycles. The Balaban J connectivity index is 1.21. The minimum atomic E-state index is -1.45. The lowest BCUT2D eigenvalue weighted by atomic mass is 9.94. The zero-order valence-corrected chi connectivity index (χ0v) is 27.0. The summed E-state index contributed by atoms with van der Waals surface area (Å²) in [6.45, 7) is 1.46. The summed E-state index contributed by atoms with van der Waals surface area (Å²) < 4.78 is 55.4. The fourth-order valence-electron chi connectivity index (χ4n) is 8.34. The quantitative estimate of drug-likeness (QED) is 0.320. The first-order chi connectivity index (χ1) is 23.4. The van der Waals surface area contributed by atoms with Crippen molar-refractivity contribution in [2.75, 3.05) is 57.5 Å². The number of nitrogens with one attached hydrogen (secondary N) is 1. The van der Waals surface area contributed by atoms with Gasteiger partial charge in [-0.3, -0.25) is 15.0 Å². The summed E-state index contributed by atoms with van der Waals surface area (Å²) in [7, 11) is 0. The third-order valence-electron chi connectivity index (χ3n) is 10.7. The number of hydrogen-bond acceptors (Lipinski definition) is 11. The van der Waals surface area contributed by atoms with Gasteiger partial charge in [0.1, 0.15) is 35.9 Å². The number of fused-ring (bicyclic) bond motifs is 7. The van der Waals surface area contributed by atoms with E-state index < -0.39 is 30.1 Å². The van der Waals surface area contributed by atoms with Crippen molar-refractivity contribution in [3.8, 4) is 17.3 Å². The lowest BCUT2D eigenvalue weighted by molar-refractivity contribution is -0.284. The monoisotopic (exact) mass is 683 g/mol. The van der Waals surface area contributed by atoms with Crippen molar-refractivity contribution in [1.82, 2.24) is 30.0 Å². The Kier molecular flexibility index (Phi) is 7.66. The van der Waals surface area contributed by atoms with Crippen LogP contribution in [-0.4, -0.2) is 112 Å². The maximum absolute atomic E-state index is 17.2. The molecule has 4 fully saturated rings. The first-order valence-electron chi connectivity index (χ1n) is 16.7. The largest absolute Gasteiger partial charge is 0.461 e. The zero-order valence-electron chi connectivity index (χ0n) is 26.2. The van der Waals surface area contributed by atoms with E-state index in [0.29, 0.717) is 65.2 Å². The van der Waals surface area contributed by atoms with Crippen LogP contribution in [0, 0.1) is 11.7 Å². The van der Waals surface area contributed by atoms with Gasteiger partial charge in [-0.1, -0.05) is 11.6 Å². The number of aliphatic hydroxyl groups excluding tert-OH is 1. The standard InChI is InChI=1S/C33H36ClF2N7O5/c34-23-9-24-21(12-38-41-24)26-25(23)20-8-17(20)2-6-46-32(44)48-19-14-42(5-7-45-15-19)30-22-11-37-29(26)27(36)28(22)39-31(40-30)47-16-33-3-1-4-43(33)13-18(35)10-33/h9,11-12,17-20,32,44H,1-8,10,13-16H2,(H,38,41)/t17-,18-,19+,20+,32?,33+/m1/s1. The molecular weight excluding hydrogens is 648 g/mol. The molecule has 0 radical (unpaired) electrons. The van der Waals surface area contributed by atoms with E-state index in [1.54, 1.807) is 12.4 Å². The van der Waals surface area contributed by atoms with Crippen molar-refractivity contribution in [3.05, 3.63) is 34.9 Å². The Morgan fingerprint density at radius 3 is 3.00 bits per heavy atom. The highest BCUT2D eigenvalue weighted by Crippen LogP contribution is 2.56. The van der Waals surface area contributed by atoms with Crippen LogP contribution >= 0.6 is 11.6 Å². The SMILES string of the molecule is OC1OCC[C@@H]2C[C@@H]2c2c(Cl)cc3[nH]ncc3c2-c2ncc3c(nc(OC[C@@]45CCCN4C[C@H](F)C5)nc3c2F)N2CCOC[C@H](C2)O1. The summed E-state index contributed by atoms with van der Waals surface area (Å²) in [6.07, 6.45) is 5.38. The van der Waals surface area contributed by atoms with E-state index in [-0.39, 0.29) is 55.4 Å². The molecule has 254 valence electrons. The van der Waals surface area contributed by atoms with Crippen molar-refractivity contribution in [2.45, 2.75) is 62.3 Å². The Morgan fingerprint density at radius 1 is 1.17 bits per heavy atom. The maximum Gasteiger partial charge on any atom is 0.319 e. The second-order valence-electron chi connectivity index (χ2n) is 13.7. The molecule has 1 aliphatic carbocycles. The molecule has 0 amide bonds. The predicted octanol–water partition coefficient (Wildman–Crippen LogP) is 4.34. The Hall–Kier alpha value is -3.27. The number of pyridine rings is 1. The summed E-state index contributed by atoms with van der Waals surface area (Å²) in [5.74, 6) is 0.0000370. The first kappa shape index (κ1) is 30.8. The number of aromatic nitrogens is 5. The Morgan fingerprint density at radius 2 is 2.08 bits per heavy atom. The molecule has 5 aliphatic heterocycles. The molecule has 8 heterocycles. The Labute approximate surface area is 279 Å². The van der Waals surface area contributed by atoms with Crippen molar-refractivity contribution in [2.24, 2.45) is 5.92 Å². The molecule has 6 atom stereocenters. The minimum absolute atomic E-state index is 0.0111. The van der Waals surface area contributed by atoms with Crippen LogP contribution in [0.2, 0.25) is 5.02 Å². The average Bonchev–Trinajstić information content (AvgIpc) is 3.40. The number of nitrogens with zero attached hydrogens (tertiary/aromatic N) is 6. The van der Waals surface area contributed by atoms with Gasteiger partial charge in [-0.05, 0) is 55.7 Å². The summed E-state index contributed by atoms with van der Waals surface area (Å²) in [5.41, 5.74) is 1.74. The highest BCUT2D eigenvalue weighted by atomic mass is 35.5. The number of H-pyrrole nitrogens is 1. The fraction of sp³-hybridized carbons (Fsp3) is 0.576. The normalized spacial score (nSPS) is 30.8. The lowest BCUT2D eigenvalue weighted by Gasteiger charge is -2.31. The third-order valence-corrected chi connectivity index (χ3v) is 11.0. The molecule has 2 N–H and O–H groups in total. The molecule has 48 heavy (non-hydrogen) atoms. The van der Waals surface area contributed by atoms with Crippen LogP contribution in [0.5, 0.6) is 6.01 Å². The van der Waals surface area contributed by atoms with Crippen LogP contribution in [0.1, 0.15) is 43.6 Å². The van der Waals surface area contributed by atoms with Gasteiger partial charge in [-0.25, -0.2) is 8.78 Å². The summed E-state index contributed by atoms with van der Waals surface area (Å²) in [5, 5.41) is 19.4. The number of aromatic amines is 1. The third kappa shape index (κ3) is 5.28. The molecular formula is C33H36ClF2N7O5. The second kappa shape index (κ2) is 12.0. The molecule has 4 aromatic rings. The zero-order chi connectivity index (χ0) is 32.6. The lowest BCUT2D eigenvalue weighted by Crippen LogP contribution is -2.43. The van der Waals surface area contributed by atoms with Crippen molar-refractivity contribution in [1.29, 1.82) is 0 Å². The maximum atomic E-state index is 17.2. The average molecular weight is 684 g/mol. The number of rotatable bonds is 3. The van der Waals surface area contributed by atoms with Gasteiger partial charge in [0.05, 0.1) is 42.5 Å². The van der Waals surface area contributed by atoms with E-state index in [2.05, 4.69) is 20.1 Å². The molecule has 10 rings (SSSR count). The van der Waals surface area contributed by atoms with E-state index in [9.17, 15) is 9.50 Å². The summed E-state index contributed by atoms with van der Waals surface area (Å²) in [4.78, 5) is 18.2. The molecule has 1 unspecified atom stereocenters. The van der Waals surface area contributed by atoms with E-state index in [4.69, 9.17) is 40.5 Å². The summed E-state index contributed by atoms with van der Waals surface area (Å²) in [6, 6.07) is 1.80. The smallest absolute Gasteiger partial charge is 0.319 e. The fourth-order valence-corrected chi connectivity index (χ4v) is 8.68. The number of alkyl halides is 1. The highest BCUT2D eigenvalue weighted by Gasteiger charge is 2.49. The predicted molar refractivity (Wildman–Crippen MR) is 171 cm³/mol. The van der Waals surface area contributed by atoms with Crippen LogP contribution in [0.25, 0.3) is 33.1 Å². The van der Waals surface area contributed by atoms with Crippen molar-refractivity contribution in [3.63, 3.8) is 0 Å². The number of anilines is 1. The minimum Gasteiger partial charge on any atom is -0.461 e. The molecule has 6 aliphatic rings. The molecule has 1 saturated carbocycles. The first-order valence-corrected chi connectivity index (χ1v) is 17.1. The molecule has 1 aromatic carbocycles. The Bertz CT molecular complexity index is 1880. The van der Waals surface area contributed by atoms with Gasteiger partial charge < -0.3 is 29.0 Å². The van der Waals surface area contributed by atoms with Crippen LogP contribution in [0.3, 0.4) is 0 Å². The second-order valence-corrected chi connectivity index (χ2v) is 14.1. The highest BCUT2D eigenvalue weighted by molar-refractivity contribution is 6.33. The van der Waals surface area contributed by atoms with Crippen LogP contribution in [0.4, 0.5) is 14.6 Å². The molecule has 15 heteroatoms. The number of aliphatic hydroxyl groups is 1. The van der Waals surface area contributed by atoms with Gasteiger partial charge >= 0.3 is 6.01 Å². The van der Waals surface area contributed by atoms with Crippen molar-refractivity contribution < 1.29 is 32.8 Å². The van der Waals surface area contributed by atoms with Gasteiger partial charge in [-0.2, -0.15) is 15.1 Å². The van der Waals surface area contributed by atoms with Crippen molar-refractivity contribution >= 4 is 39.2 Å². The van der Waals surface area contributed by atoms with Gasteiger partial charge in [0.2, 0.25) is 0 Å². The summed E-state index contributed by atoms with van der Waals surface area (Å²) >= 11 is 6.92.